The van der Waals surface area contributed by atoms with E-state index in [-0.39, 0.29) is 23.3 Å². The van der Waals surface area contributed by atoms with Crippen LogP contribution in [-0.2, 0) is 9.59 Å². The fraction of sp³-hybridized carbons (Fsp3) is 0.529. The lowest BCUT2D eigenvalue weighted by Crippen LogP contribution is -2.16. The van der Waals surface area contributed by atoms with Gasteiger partial charge in [0.25, 0.3) is 0 Å². The number of aliphatic carboxylic acids is 2. The van der Waals surface area contributed by atoms with Crippen LogP contribution >= 0.6 is 0 Å². The van der Waals surface area contributed by atoms with Crippen LogP contribution in [0.25, 0.3) is 0 Å². The number of aliphatic hydroxyl groups is 1. The van der Waals surface area contributed by atoms with Crippen molar-refractivity contribution in [2.24, 2.45) is 11.8 Å². The van der Waals surface area contributed by atoms with E-state index in [4.69, 9.17) is 20.4 Å². The first-order chi connectivity index (χ1) is 11.4. The molecular weight excluding hydrogens is 330 g/mol. The zero-order valence-electron chi connectivity index (χ0n) is 15.2. The van der Waals surface area contributed by atoms with E-state index in [1.165, 1.54) is 12.1 Å². The predicted octanol–water partition coefficient (Wildman–Crippen LogP) is 1.80. The molecule has 0 aliphatic heterocycles. The topological polar surface area (TPSA) is 147 Å². The van der Waals surface area contributed by atoms with E-state index in [1.807, 2.05) is 0 Å². The smallest absolute Gasteiger partial charge is 0.305 e. The van der Waals surface area contributed by atoms with Crippen LogP contribution in [0.2, 0.25) is 0 Å². The van der Waals surface area contributed by atoms with Crippen molar-refractivity contribution < 1.29 is 35.1 Å². The highest BCUT2D eigenvalue weighted by molar-refractivity contribution is 5.69. The minimum atomic E-state index is -0.741. The van der Waals surface area contributed by atoms with Gasteiger partial charge in [0.15, 0.2) is 11.5 Å². The summed E-state index contributed by atoms with van der Waals surface area (Å²) >= 11 is 0. The van der Waals surface area contributed by atoms with Crippen LogP contribution in [0.1, 0.15) is 39.4 Å². The number of hydrogen-bond acceptors (Lipinski definition) is 6. The Morgan fingerprint density at radius 3 is 1.64 bits per heavy atom. The van der Waals surface area contributed by atoms with Crippen molar-refractivity contribution in [3.63, 3.8) is 0 Å². The van der Waals surface area contributed by atoms with E-state index in [0.717, 1.165) is 0 Å². The molecule has 0 aliphatic rings. The predicted molar refractivity (Wildman–Crippen MR) is 93.6 cm³/mol. The van der Waals surface area contributed by atoms with Crippen LogP contribution in [0, 0.1) is 11.8 Å². The molecule has 6 N–H and O–H groups in total. The summed E-state index contributed by atoms with van der Waals surface area (Å²) in [5, 5.41) is 46.4. The minimum Gasteiger partial charge on any atom is -0.504 e. The second-order valence-corrected chi connectivity index (χ2v) is 5.81. The first-order valence-corrected chi connectivity index (χ1v) is 7.74. The van der Waals surface area contributed by atoms with Crippen molar-refractivity contribution in [1.29, 1.82) is 0 Å². The van der Waals surface area contributed by atoms with Crippen molar-refractivity contribution in [3.05, 3.63) is 23.8 Å². The number of hydrogen-bond donors (Lipinski definition) is 6. The van der Waals surface area contributed by atoms with Gasteiger partial charge in [-0.05, 0) is 24.7 Å². The number of carbonyl (C=O) groups is 2. The van der Waals surface area contributed by atoms with Crippen LogP contribution in [0.4, 0.5) is 0 Å². The molecular formula is C17H29NO7. The van der Waals surface area contributed by atoms with Crippen molar-refractivity contribution in [3.8, 4) is 11.5 Å². The number of carboxylic acids is 2. The van der Waals surface area contributed by atoms with Crippen molar-refractivity contribution in [1.82, 2.24) is 5.32 Å². The minimum absolute atomic E-state index is 0.180. The monoisotopic (exact) mass is 359 g/mol. The molecule has 8 nitrogen and oxygen atoms in total. The molecule has 0 saturated carbocycles. The third kappa shape index (κ3) is 12.7. The second-order valence-electron chi connectivity index (χ2n) is 5.81. The van der Waals surface area contributed by atoms with E-state index >= 15 is 0 Å². The van der Waals surface area contributed by atoms with Gasteiger partial charge in [-0.2, -0.15) is 0 Å². The third-order valence-electron chi connectivity index (χ3n) is 2.77. The van der Waals surface area contributed by atoms with Gasteiger partial charge < -0.3 is 30.8 Å². The molecule has 8 heteroatoms. The average Bonchev–Trinajstić information content (AvgIpc) is 2.51. The van der Waals surface area contributed by atoms with Crippen LogP contribution in [0.3, 0.4) is 0 Å². The summed E-state index contributed by atoms with van der Waals surface area (Å²) in [5.41, 5.74) is 0.574. The maximum Gasteiger partial charge on any atom is 0.305 e. The fourth-order valence-electron chi connectivity index (χ4n) is 1.06. The molecule has 1 aromatic rings. The largest absolute Gasteiger partial charge is 0.504 e. The zero-order chi connectivity index (χ0) is 20.2. The van der Waals surface area contributed by atoms with Crippen LogP contribution in [-0.4, -0.2) is 51.1 Å². The summed E-state index contributed by atoms with van der Waals surface area (Å²) in [4.78, 5) is 19.4. The third-order valence-corrected chi connectivity index (χ3v) is 2.77. The highest BCUT2D eigenvalue weighted by Crippen LogP contribution is 2.27. The van der Waals surface area contributed by atoms with Gasteiger partial charge in [0.1, 0.15) is 0 Å². The van der Waals surface area contributed by atoms with Crippen LogP contribution < -0.4 is 5.32 Å². The Labute approximate surface area is 147 Å². The van der Waals surface area contributed by atoms with Gasteiger partial charge in [-0.1, -0.05) is 33.8 Å². The molecule has 0 aromatic heterocycles. The lowest BCUT2D eigenvalue weighted by atomic mass is 10.1. The molecule has 0 spiro atoms. The van der Waals surface area contributed by atoms with Crippen molar-refractivity contribution in [2.75, 3.05) is 13.6 Å². The first kappa shape index (κ1) is 24.9. The molecule has 0 heterocycles. The number of carboxylic acid groups (broad SMARTS) is 2. The molecule has 0 unspecified atom stereocenters. The number of rotatable bonds is 5. The van der Waals surface area contributed by atoms with Gasteiger partial charge in [0.2, 0.25) is 0 Å². The maximum atomic E-state index is 9.70. The zero-order valence-corrected chi connectivity index (χ0v) is 15.2. The van der Waals surface area contributed by atoms with Gasteiger partial charge in [0, 0.05) is 6.54 Å². The molecule has 1 aromatic carbocycles. The Hall–Kier alpha value is -2.32. The summed E-state index contributed by atoms with van der Waals surface area (Å²) in [6, 6.07) is 4.26. The van der Waals surface area contributed by atoms with Gasteiger partial charge in [-0.15, -0.1) is 0 Å². The molecule has 0 fully saturated rings. The maximum absolute atomic E-state index is 9.70. The van der Waals surface area contributed by atoms with Gasteiger partial charge in [0.05, 0.1) is 17.9 Å². The van der Waals surface area contributed by atoms with E-state index in [2.05, 4.69) is 5.32 Å². The standard InChI is InChI=1S/C9H13NO3.2C4H8O2/c1-10-5-9(13)6-2-3-7(11)8(12)4-6;2*1-3(2)4(5)6/h2-4,9-13H,5H2,1H3;2*3H,1-2H3,(H,5,6)/t9-;;/m0../s1. The summed E-state index contributed by atoms with van der Waals surface area (Å²) in [7, 11) is 1.73. The average molecular weight is 359 g/mol. The highest BCUT2D eigenvalue weighted by atomic mass is 16.4. The lowest BCUT2D eigenvalue weighted by Gasteiger charge is -2.10. The number of aliphatic hydroxyl groups excluding tert-OH is 1. The molecule has 0 aliphatic carbocycles. The number of nitrogens with one attached hydrogen (secondary N) is 1. The van der Waals surface area contributed by atoms with E-state index in [0.29, 0.717) is 12.1 Å². The fourth-order valence-corrected chi connectivity index (χ4v) is 1.06. The number of likely N-dealkylation sites (N-methyl/N-ethyl adjacent to an activating group) is 1. The summed E-state index contributed by atoms with van der Waals surface area (Å²) < 4.78 is 0. The highest BCUT2D eigenvalue weighted by Gasteiger charge is 2.08. The van der Waals surface area contributed by atoms with E-state index < -0.39 is 18.0 Å². The van der Waals surface area contributed by atoms with E-state index in [9.17, 15) is 14.7 Å². The number of phenolic OH excluding ortho intramolecular Hbond substituents is 2. The molecule has 0 saturated heterocycles. The molecule has 25 heavy (non-hydrogen) atoms. The Bertz CT molecular complexity index is 512. The quantitative estimate of drug-likeness (QED) is 0.436. The molecule has 1 rings (SSSR count). The number of aromatic hydroxyl groups is 2. The Morgan fingerprint density at radius 1 is 0.960 bits per heavy atom. The van der Waals surface area contributed by atoms with Gasteiger partial charge in [-0.3, -0.25) is 9.59 Å². The van der Waals surface area contributed by atoms with Gasteiger partial charge in [-0.25, -0.2) is 0 Å². The van der Waals surface area contributed by atoms with E-state index in [1.54, 1.807) is 40.8 Å². The Morgan fingerprint density at radius 2 is 1.36 bits per heavy atom. The van der Waals surface area contributed by atoms with Crippen LogP contribution in [0.5, 0.6) is 11.5 Å². The molecule has 144 valence electrons. The van der Waals surface area contributed by atoms with Crippen LogP contribution in [0.15, 0.2) is 18.2 Å². The second kappa shape index (κ2) is 13.0. The molecule has 0 bridgehead atoms. The normalized spacial score (nSPS) is 11.0. The first-order valence-electron chi connectivity index (χ1n) is 7.74. The van der Waals surface area contributed by atoms with Gasteiger partial charge >= 0.3 is 11.9 Å². The summed E-state index contributed by atoms with van der Waals surface area (Å²) in [6.45, 7) is 6.97. The van der Waals surface area contributed by atoms with Crippen molar-refractivity contribution >= 4 is 11.9 Å². The van der Waals surface area contributed by atoms with Crippen molar-refractivity contribution in [2.45, 2.75) is 33.8 Å². The number of benzene rings is 1. The lowest BCUT2D eigenvalue weighted by molar-refractivity contribution is -0.141. The Kier molecular flexibility index (Phi) is 13.0. The molecule has 0 amide bonds. The summed E-state index contributed by atoms with van der Waals surface area (Å²) in [6.07, 6.45) is -0.670. The SMILES string of the molecule is CC(C)C(=O)O.CC(C)C(=O)O.CNC[C@H](O)c1ccc(O)c(O)c1. The summed E-state index contributed by atoms with van der Waals surface area (Å²) in [5.74, 6) is -2.34. The molecule has 1 atom stereocenters. The Balaban J connectivity index is 0. The number of phenols is 2. The molecule has 0 radical (unpaired) electrons.